The van der Waals surface area contributed by atoms with Gasteiger partial charge in [-0.2, -0.15) is 0 Å². The molecule has 23 heavy (non-hydrogen) atoms. The molecule has 1 N–H and O–H groups in total. The lowest BCUT2D eigenvalue weighted by Crippen LogP contribution is -2.52. The SMILES string of the molecule is O=C(NCCC1CCCCC1)N1CCN(c2ccccn2)CC1. The molecule has 5 heteroatoms. The Kier molecular flexibility index (Phi) is 5.72. The number of amides is 2. The lowest BCUT2D eigenvalue weighted by atomic mass is 9.87. The summed E-state index contributed by atoms with van der Waals surface area (Å²) in [6, 6.07) is 6.06. The summed E-state index contributed by atoms with van der Waals surface area (Å²) in [4.78, 5) is 20.8. The number of hydrogen-bond donors (Lipinski definition) is 1. The molecule has 0 unspecified atom stereocenters. The fraction of sp³-hybridized carbons (Fsp3) is 0.667. The fourth-order valence-corrected chi connectivity index (χ4v) is 3.65. The lowest BCUT2D eigenvalue weighted by molar-refractivity contribution is 0.193. The lowest BCUT2D eigenvalue weighted by Gasteiger charge is -2.35. The number of rotatable bonds is 4. The summed E-state index contributed by atoms with van der Waals surface area (Å²) in [5.41, 5.74) is 0. The van der Waals surface area contributed by atoms with Gasteiger partial charge in [0, 0.05) is 38.9 Å². The number of aromatic nitrogens is 1. The smallest absolute Gasteiger partial charge is 0.317 e. The van der Waals surface area contributed by atoms with Crippen molar-refractivity contribution in [2.75, 3.05) is 37.6 Å². The number of pyridine rings is 1. The highest BCUT2D eigenvalue weighted by Crippen LogP contribution is 2.25. The number of urea groups is 1. The third-order valence-electron chi connectivity index (χ3n) is 5.09. The first-order valence-electron chi connectivity index (χ1n) is 9.02. The summed E-state index contributed by atoms with van der Waals surface area (Å²) in [6.07, 6.45) is 9.78. The molecule has 5 nitrogen and oxygen atoms in total. The molecular formula is C18H28N4O. The van der Waals surface area contributed by atoms with Crippen molar-refractivity contribution in [3.63, 3.8) is 0 Å². The summed E-state index contributed by atoms with van der Waals surface area (Å²) >= 11 is 0. The summed E-state index contributed by atoms with van der Waals surface area (Å²) < 4.78 is 0. The number of nitrogens with one attached hydrogen (secondary N) is 1. The van der Waals surface area contributed by atoms with Crippen LogP contribution >= 0.6 is 0 Å². The number of hydrogen-bond acceptors (Lipinski definition) is 3. The zero-order valence-corrected chi connectivity index (χ0v) is 13.9. The van der Waals surface area contributed by atoms with Gasteiger partial charge in [0.25, 0.3) is 0 Å². The Bertz CT molecular complexity index is 479. The van der Waals surface area contributed by atoms with Crippen molar-refractivity contribution in [2.24, 2.45) is 5.92 Å². The average molecular weight is 316 g/mol. The molecule has 0 radical (unpaired) electrons. The monoisotopic (exact) mass is 316 g/mol. The van der Waals surface area contributed by atoms with E-state index in [2.05, 4.69) is 15.2 Å². The maximum atomic E-state index is 12.3. The van der Waals surface area contributed by atoms with Crippen molar-refractivity contribution in [3.8, 4) is 0 Å². The second-order valence-electron chi connectivity index (χ2n) is 6.69. The van der Waals surface area contributed by atoms with Crippen LogP contribution in [0.5, 0.6) is 0 Å². The predicted molar refractivity (Wildman–Crippen MR) is 92.6 cm³/mol. The first-order valence-corrected chi connectivity index (χ1v) is 9.02. The van der Waals surface area contributed by atoms with Gasteiger partial charge in [-0.15, -0.1) is 0 Å². The van der Waals surface area contributed by atoms with Gasteiger partial charge in [0.2, 0.25) is 0 Å². The molecule has 1 aliphatic carbocycles. The summed E-state index contributed by atoms with van der Waals surface area (Å²) in [6.45, 7) is 4.07. The molecule has 2 fully saturated rings. The Morgan fingerprint density at radius 3 is 2.61 bits per heavy atom. The van der Waals surface area contributed by atoms with Crippen LogP contribution < -0.4 is 10.2 Å². The van der Waals surface area contributed by atoms with Gasteiger partial charge in [0.1, 0.15) is 5.82 Å². The van der Waals surface area contributed by atoms with Crippen LogP contribution in [-0.2, 0) is 0 Å². The zero-order valence-electron chi connectivity index (χ0n) is 13.9. The van der Waals surface area contributed by atoms with Crippen molar-refractivity contribution in [3.05, 3.63) is 24.4 Å². The molecule has 1 aliphatic heterocycles. The van der Waals surface area contributed by atoms with E-state index in [4.69, 9.17) is 0 Å². The molecule has 2 aliphatic rings. The van der Waals surface area contributed by atoms with E-state index in [0.717, 1.165) is 50.9 Å². The molecule has 2 heterocycles. The molecule has 1 aromatic heterocycles. The van der Waals surface area contributed by atoms with Crippen LogP contribution in [0.2, 0.25) is 0 Å². The average Bonchev–Trinajstić information content (AvgIpc) is 2.63. The summed E-state index contributed by atoms with van der Waals surface area (Å²) in [5.74, 6) is 1.83. The number of piperazine rings is 1. The number of nitrogens with zero attached hydrogens (tertiary/aromatic N) is 3. The third-order valence-corrected chi connectivity index (χ3v) is 5.09. The zero-order chi connectivity index (χ0) is 15.9. The normalized spacial score (nSPS) is 19.7. The van der Waals surface area contributed by atoms with E-state index < -0.39 is 0 Å². The molecular weight excluding hydrogens is 288 g/mol. The number of carbonyl (C=O) groups is 1. The second kappa shape index (κ2) is 8.18. The molecule has 1 saturated carbocycles. The highest BCUT2D eigenvalue weighted by atomic mass is 16.2. The standard InChI is InChI=1S/C18H28N4O/c23-18(20-11-9-16-6-2-1-3-7-16)22-14-12-21(13-15-22)17-8-4-5-10-19-17/h4-5,8,10,16H,1-3,6-7,9,11-15H2,(H,20,23). The van der Waals surface area contributed by atoms with Crippen molar-refractivity contribution >= 4 is 11.8 Å². The van der Waals surface area contributed by atoms with Gasteiger partial charge >= 0.3 is 6.03 Å². The highest BCUT2D eigenvalue weighted by molar-refractivity contribution is 5.74. The van der Waals surface area contributed by atoms with Crippen LogP contribution in [0.3, 0.4) is 0 Å². The minimum absolute atomic E-state index is 0.0986. The third kappa shape index (κ3) is 4.60. The van der Waals surface area contributed by atoms with E-state index in [0.29, 0.717) is 0 Å². The Morgan fingerprint density at radius 2 is 1.91 bits per heavy atom. The van der Waals surface area contributed by atoms with E-state index in [1.54, 1.807) is 0 Å². The number of anilines is 1. The Labute approximate surface area is 139 Å². The first-order chi connectivity index (χ1) is 11.3. The van der Waals surface area contributed by atoms with E-state index in [9.17, 15) is 4.79 Å². The molecule has 0 aromatic carbocycles. The van der Waals surface area contributed by atoms with Gasteiger partial charge in [-0.3, -0.25) is 0 Å². The maximum absolute atomic E-state index is 12.3. The molecule has 1 saturated heterocycles. The molecule has 3 rings (SSSR count). The van der Waals surface area contributed by atoms with E-state index in [1.807, 2.05) is 29.3 Å². The molecule has 1 aromatic rings. The number of carbonyl (C=O) groups excluding carboxylic acids is 1. The largest absolute Gasteiger partial charge is 0.353 e. The second-order valence-corrected chi connectivity index (χ2v) is 6.69. The fourth-order valence-electron chi connectivity index (χ4n) is 3.65. The van der Waals surface area contributed by atoms with Crippen molar-refractivity contribution in [2.45, 2.75) is 38.5 Å². The molecule has 2 amide bonds. The Hall–Kier alpha value is -1.78. The van der Waals surface area contributed by atoms with Gasteiger partial charge in [0.05, 0.1) is 0 Å². The van der Waals surface area contributed by atoms with E-state index >= 15 is 0 Å². The minimum Gasteiger partial charge on any atom is -0.353 e. The van der Waals surface area contributed by atoms with Gasteiger partial charge in [-0.1, -0.05) is 38.2 Å². The van der Waals surface area contributed by atoms with Crippen LogP contribution in [0, 0.1) is 5.92 Å². The topological polar surface area (TPSA) is 48.5 Å². The minimum atomic E-state index is 0.0986. The van der Waals surface area contributed by atoms with E-state index in [-0.39, 0.29) is 6.03 Å². The van der Waals surface area contributed by atoms with Crippen LogP contribution in [0.15, 0.2) is 24.4 Å². The van der Waals surface area contributed by atoms with Crippen LogP contribution in [0.25, 0.3) is 0 Å². The van der Waals surface area contributed by atoms with Crippen molar-refractivity contribution < 1.29 is 4.79 Å². The van der Waals surface area contributed by atoms with Crippen molar-refractivity contribution in [1.82, 2.24) is 15.2 Å². The summed E-state index contributed by atoms with van der Waals surface area (Å²) in [7, 11) is 0. The quantitative estimate of drug-likeness (QED) is 0.929. The molecule has 0 bridgehead atoms. The highest BCUT2D eigenvalue weighted by Gasteiger charge is 2.21. The van der Waals surface area contributed by atoms with Gasteiger partial charge < -0.3 is 15.1 Å². The van der Waals surface area contributed by atoms with Gasteiger partial charge in [-0.25, -0.2) is 9.78 Å². The van der Waals surface area contributed by atoms with Gasteiger partial charge in [-0.05, 0) is 24.5 Å². The summed E-state index contributed by atoms with van der Waals surface area (Å²) in [5, 5.41) is 3.11. The Balaban J connectivity index is 1.36. The van der Waals surface area contributed by atoms with Crippen LogP contribution in [0.1, 0.15) is 38.5 Å². The van der Waals surface area contributed by atoms with Crippen LogP contribution in [0.4, 0.5) is 10.6 Å². The Morgan fingerprint density at radius 1 is 1.13 bits per heavy atom. The predicted octanol–water partition coefficient (Wildman–Crippen LogP) is 2.88. The van der Waals surface area contributed by atoms with Crippen molar-refractivity contribution in [1.29, 1.82) is 0 Å². The maximum Gasteiger partial charge on any atom is 0.317 e. The molecule has 126 valence electrons. The van der Waals surface area contributed by atoms with Gasteiger partial charge in [0.15, 0.2) is 0 Å². The van der Waals surface area contributed by atoms with Crippen LogP contribution in [-0.4, -0.2) is 48.6 Å². The molecule has 0 atom stereocenters. The molecule has 0 spiro atoms. The van der Waals surface area contributed by atoms with E-state index in [1.165, 1.54) is 32.1 Å². The first kappa shape index (κ1) is 16.1.